The van der Waals surface area contributed by atoms with E-state index in [4.69, 9.17) is 0 Å². The van der Waals surface area contributed by atoms with Gasteiger partial charge in [0.25, 0.3) is 5.92 Å². The Morgan fingerprint density at radius 1 is 1.50 bits per heavy atom. The summed E-state index contributed by atoms with van der Waals surface area (Å²) < 4.78 is 48.4. The second-order valence-electron chi connectivity index (χ2n) is 2.98. The summed E-state index contributed by atoms with van der Waals surface area (Å²) >= 11 is 0. The topological polar surface area (TPSA) is 46.2 Å². The summed E-state index contributed by atoms with van der Waals surface area (Å²) in [6, 6.07) is -0.565. The van der Waals surface area contributed by atoms with Gasteiger partial charge in [0.1, 0.15) is 0 Å². The molecule has 72 valence electrons. The zero-order valence-corrected chi connectivity index (χ0v) is 7.50. The Labute approximate surface area is 70.2 Å². The van der Waals surface area contributed by atoms with Crippen LogP contribution in [0.15, 0.2) is 0 Å². The molecule has 0 heterocycles. The maximum Gasteiger partial charge on any atom is 0.251 e. The summed E-state index contributed by atoms with van der Waals surface area (Å²) in [5.41, 5.74) is 0. The largest absolute Gasteiger partial charge is 0.251 e. The molecule has 0 aromatic rings. The van der Waals surface area contributed by atoms with Gasteiger partial charge < -0.3 is 0 Å². The van der Waals surface area contributed by atoms with Gasteiger partial charge in [-0.2, -0.15) is 0 Å². The van der Waals surface area contributed by atoms with Gasteiger partial charge in [-0.05, 0) is 6.92 Å². The standard InChI is InChI=1S/C6H11F2NO2S/c1-2-12(10,11)9-5-3-6(7,8)4-5/h5,9H,2-4H2,1H3. The molecule has 1 N–H and O–H groups in total. The van der Waals surface area contributed by atoms with Crippen LogP contribution in [0.2, 0.25) is 0 Å². The number of sulfonamides is 1. The normalized spacial score (nSPS) is 23.6. The first-order chi connectivity index (χ1) is 5.35. The van der Waals surface area contributed by atoms with Gasteiger partial charge in [-0.15, -0.1) is 0 Å². The Balaban J connectivity index is 2.38. The number of rotatable bonds is 3. The van der Waals surface area contributed by atoms with Crippen molar-refractivity contribution in [2.24, 2.45) is 0 Å². The molecule has 0 spiro atoms. The highest BCUT2D eigenvalue weighted by Gasteiger charge is 2.46. The fourth-order valence-corrected chi connectivity index (χ4v) is 1.92. The molecular formula is C6H11F2NO2S. The molecule has 0 radical (unpaired) electrons. The first-order valence-corrected chi connectivity index (χ1v) is 5.38. The quantitative estimate of drug-likeness (QED) is 0.728. The summed E-state index contributed by atoms with van der Waals surface area (Å²) in [4.78, 5) is 0. The van der Waals surface area contributed by atoms with Crippen molar-refractivity contribution in [3.05, 3.63) is 0 Å². The van der Waals surface area contributed by atoms with Crippen LogP contribution in [0.1, 0.15) is 19.8 Å². The Morgan fingerprint density at radius 2 is 2.00 bits per heavy atom. The monoisotopic (exact) mass is 199 g/mol. The van der Waals surface area contributed by atoms with E-state index >= 15 is 0 Å². The van der Waals surface area contributed by atoms with E-state index in [0.29, 0.717) is 0 Å². The van der Waals surface area contributed by atoms with Gasteiger partial charge in [-0.1, -0.05) is 0 Å². The van der Waals surface area contributed by atoms with E-state index in [1.54, 1.807) is 0 Å². The molecular weight excluding hydrogens is 188 g/mol. The second kappa shape index (κ2) is 2.92. The average molecular weight is 199 g/mol. The van der Waals surface area contributed by atoms with Crippen LogP contribution in [-0.2, 0) is 10.0 Å². The van der Waals surface area contributed by atoms with E-state index in [1.807, 2.05) is 0 Å². The highest BCUT2D eigenvalue weighted by molar-refractivity contribution is 7.89. The molecule has 0 atom stereocenters. The Morgan fingerprint density at radius 3 is 2.33 bits per heavy atom. The van der Waals surface area contributed by atoms with E-state index in [9.17, 15) is 17.2 Å². The first kappa shape index (κ1) is 9.85. The van der Waals surface area contributed by atoms with Crippen molar-refractivity contribution in [1.82, 2.24) is 4.72 Å². The van der Waals surface area contributed by atoms with Crippen LogP contribution in [0.4, 0.5) is 8.78 Å². The first-order valence-electron chi connectivity index (χ1n) is 3.72. The van der Waals surface area contributed by atoms with Crippen molar-refractivity contribution in [1.29, 1.82) is 0 Å². The van der Waals surface area contributed by atoms with E-state index < -0.39 is 22.0 Å². The van der Waals surface area contributed by atoms with Crippen LogP contribution in [0, 0.1) is 0 Å². The minimum Gasteiger partial charge on any atom is -0.212 e. The molecule has 1 fully saturated rings. The average Bonchev–Trinajstić information content (AvgIpc) is 1.83. The lowest BCUT2D eigenvalue weighted by atomic mass is 9.89. The number of alkyl halides is 2. The summed E-state index contributed by atoms with van der Waals surface area (Å²) in [6.07, 6.45) is -0.738. The summed E-state index contributed by atoms with van der Waals surface area (Å²) in [5.74, 6) is -2.73. The molecule has 0 aromatic heterocycles. The van der Waals surface area contributed by atoms with Crippen molar-refractivity contribution in [3.8, 4) is 0 Å². The molecule has 1 aliphatic carbocycles. The number of hydrogen-bond donors (Lipinski definition) is 1. The number of halogens is 2. The van der Waals surface area contributed by atoms with Crippen LogP contribution in [0.25, 0.3) is 0 Å². The molecule has 0 unspecified atom stereocenters. The maximum absolute atomic E-state index is 12.2. The summed E-state index contributed by atoms with van der Waals surface area (Å²) in [6.45, 7) is 1.47. The minimum absolute atomic E-state index is 0.0604. The van der Waals surface area contributed by atoms with Crippen molar-refractivity contribution in [2.45, 2.75) is 31.7 Å². The minimum atomic E-state index is -3.31. The van der Waals surface area contributed by atoms with E-state index in [2.05, 4.69) is 4.72 Å². The van der Waals surface area contributed by atoms with Crippen LogP contribution >= 0.6 is 0 Å². The predicted molar refractivity (Wildman–Crippen MR) is 40.6 cm³/mol. The van der Waals surface area contributed by atoms with Crippen molar-refractivity contribution >= 4 is 10.0 Å². The van der Waals surface area contributed by atoms with E-state index in [0.717, 1.165) is 0 Å². The zero-order valence-electron chi connectivity index (χ0n) is 6.68. The summed E-state index contributed by atoms with van der Waals surface area (Å²) in [5, 5.41) is 0. The van der Waals surface area contributed by atoms with Gasteiger partial charge in [0, 0.05) is 18.9 Å². The lowest BCUT2D eigenvalue weighted by Gasteiger charge is -2.34. The molecule has 12 heavy (non-hydrogen) atoms. The SMILES string of the molecule is CCS(=O)(=O)NC1CC(F)(F)C1. The second-order valence-corrected chi connectivity index (χ2v) is 5.02. The molecule has 0 amide bonds. The molecule has 0 saturated heterocycles. The Hall–Kier alpha value is -0.230. The van der Waals surface area contributed by atoms with E-state index in [-0.39, 0.29) is 18.6 Å². The molecule has 1 rings (SSSR count). The third kappa shape index (κ3) is 2.38. The highest BCUT2D eigenvalue weighted by atomic mass is 32.2. The fourth-order valence-electron chi connectivity index (χ4n) is 1.08. The van der Waals surface area contributed by atoms with E-state index in [1.165, 1.54) is 6.92 Å². The summed E-state index contributed by atoms with van der Waals surface area (Å²) in [7, 11) is -3.31. The molecule has 1 aliphatic rings. The Kier molecular flexibility index (Phi) is 2.40. The van der Waals surface area contributed by atoms with Gasteiger partial charge in [0.15, 0.2) is 0 Å². The van der Waals surface area contributed by atoms with Crippen LogP contribution < -0.4 is 4.72 Å². The molecule has 3 nitrogen and oxygen atoms in total. The molecule has 0 aliphatic heterocycles. The van der Waals surface area contributed by atoms with Gasteiger partial charge in [-0.3, -0.25) is 0 Å². The lowest BCUT2D eigenvalue weighted by Crippen LogP contribution is -2.50. The maximum atomic E-state index is 12.2. The van der Waals surface area contributed by atoms with Gasteiger partial charge in [-0.25, -0.2) is 21.9 Å². The predicted octanol–water partition coefficient (Wildman–Crippen LogP) is 0.723. The Bertz CT molecular complexity index is 255. The third-order valence-corrected chi connectivity index (χ3v) is 3.27. The number of nitrogens with one attached hydrogen (secondary N) is 1. The third-order valence-electron chi connectivity index (χ3n) is 1.82. The van der Waals surface area contributed by atoms with Crippen LogP contribution in [-0.4, -0.2) is 26.1 Å². The number of hydrogen-bond acceptors (Lipinski definition) is 2. The van der Waals surface area contributed by atoms with Gasteiger partial charge >= 0.3 is 0 Å². The van der Waals surface area contributed by atoms with Crippen molar-refractivity contribution in [2.75, 3.05) is 5.75 Å². The van der Waals surface area contributed by atoms with Crippen LogP contribution in [0.5, 0.6) is 0 Å². The van der Waals surface area contributed by atoms with Crippen molar-refractivity contribution < 1.29 is 17.2 Å². The van der Waals surface area contributed by atoms with Crippen LogP contribution in [0.3, 0.4) is 0 Å². The highest BCUT2D eigenvalue weighted by Crippen LogP contribution is 2.37. The van der Waals surface area contributed by atoms with Gasteiger partial charge in [0.05, 0.1) is 5.75 Å². The molecule has 1 saturated carbocycles. The smallest absolute Gasteiger partial charge is 0.212 e. The molecule has 6 heteroatoms. The molecule has 0 aromatic carbocycles. The lowest BCUT2D eigenvalue weighted by molar-refractivity contribution is -0.0876. The zero-order chi connectivity index (χ0) is 9.41. The molecule has 0 bridgehead atoms. The fraction of sp³-hybridized carbons (Fsp3) is 1.00. The van der Waals surface area contributed by atoms with Crippen molar-refractivity contribution in [3.63, 3.8) is 0 Å². The van der Waals surface area contributed by atoms with Gasteiger partial charge in [0.2, 0.25) is 10.0 Å².